The maximum atomic E-state index is 11.8. The van der Waals surface area contributed by atoms with E-state index in [0.29, 0.717) is 30.6 Å². The molecule has 0 radical (unpaired) electrons. The van der Waals surface area contributed by atoms with E-state index in [1.807, 2.05) is 0 Å². The number of hydrogen-bond acceptors (Lipinski definition) is 2. The SMILES string of the molecule is O=C(NC1CCCC1)N1CCS(=O)CC1. The van der Waals surface area contributed by atoms with E-state index in [4.69, 9.17) is 0 Å². The molecular weight excluding hydrogens is 212 g/mol. The van der Waals surface area contributed by atoms with E-state index < -0.39 is 10.8 Å². The van der Waals surface area contributed by atoms with Crippen LogP contribution in [0.15, 0.2) is 0 Å². The van der Waals surface area contributed by atoms with Gasteiger partial charge in [0.05, 0.1) is 0 Å². The van der Waals surface area contributed by atoms with Crippen LogP contribution in [0.3, 0.4) is 0 Å². The standard InChI is InChI=1S/C10H18N2O2S/c13-10(11-9-3-1-2-4-9)12-5-7-15(14)8-6-12/h9H,1-8H2,(H,11,13). The van der Waals surface area contributed by atoms with Gasteiger partial charge in [0, 0.05) is 41.4 Å². The van der Waals surface area contributed by atoms with Crippen LogP contribution in [0.5, 0.6) is 0 Å². The van der Waals surface area contributed by atoms with Crippen LogP contribution in [0, 0.1) is 0 Å². The van der Waals surface area contributed by atoms with Crippen LogP contribution in [0.4, 0.5) is 4.79 Å². The predicted molar refractivity (Wildman–Crippen MR) is 60.2 cm³/mol. The molecule has 0 atom stereocenters. The van der Waals surface area contributed by atoms with Gasteiger partial charge >= 0.3 is 6.03 Å². The van der Waals surface area contributed by atoms with E-state index in [-0.39, 0.29) is 6.03 Å². The van der Waals surface area contributed by atoms with Crippen molar-refractivity contribution in [1.29, 1.82) is 0 Å². The Hall–Kier alpha value is -0.580. The summed E-state index contributed by atoms with van der Waals surface area (Å²) in [5.74, 6) is 1.27. The molecule has 1 heterocycles. The second kappa shape index (κ2) is 4.96. The summed E-state index contributed by atoms with van der Waals surface area (Å²) in [4.78, 5) is 13.6. The predicted octanol–water partition coefficient (Wildman–Crippen LogP) is 0.703. The molecule has 0 bridgehead atoms. The molecule has 2 fully saturated rings. The first-order valence-electron chi connectivity index (χ1n) is 5.66. The van der Waals surface area contributed by atoms with Gasteiger partial charge in [-0.15, -0.1) is 0 Å². The average Bonchev–Trinajstić information content (AvgIpc) is 2.71. The van der Waals surface area contributed by atoms with E-state index >= 15 is 0 Å². The number of carbonyl (C=O) groups excluding carboxylic acids is 1. The number of hydrogen-bond donors (Lipinski definition) is 1. The topological polar surface area (TPSA) is 49.4 Å². The lowest BCUT2D eigenvalue weighted by atomic mass is 10.2. The third-order valence-corrected chi connectivity index (χ3v) is 4.42. The molecule has 2 amide bonds. The number of nitrogens with zero attached hydrogens (tertiary/aromatic N) is 1. The summed E-state index contributed by atoms with van der Waals surface area (Å²) in [5.41, 5.74) is 0. The first kappa shape index (κ1) is 10.9. The molecule has 5 heteroatoms. The van der Waals surface area contributed by atoms with Crippen molar-refractivity contribution in [2.24, 2.45) is 0 Å². The zero-order chi connectivity index (χ0) is 10.7. The summed E-state index contributed by atoms with van der Waals surface area (Å²) in [6.45, 7) is 1.29. The molecule has 1 aliphatic carbocycles. The van der Waals surface area contributed by atoms with E-state index in [2.05, 4.69) is 5.32 Å². The third kappa shape index (κ3) is 2.93. The second-order valence-corrected chi connectivity index (χ2v) is 5.96. The van der Waals surface area contributed by atoms with Crippen molar-refractivity contribution in [1.82, 2.24) is 10.2 Å². The van der Waals surface area contributed by atoms with Crippen molar-refractivity contribution in [2.75, 3.05) is 24.6 Å². The Morgan fingerprint density at radius 3 is 2.40 bits per heavy atom. The highest BCUT2D eigenvalue weighted by Gasteiger charge is 2.23. The van der Waals surface area contributed by atoms with Crippen molar-refractivity contribution in [3.63, 3.8) is 0 Å². The molecule has 2 aliphatic rings. The van der Waals surface area contributed by atoms with Gasteiger partial charge in [-0.1, -0.05) is 12.8 Å². The van der Waals surface area contributed by atoms with Gasteiger partial charge in [-0.05, 0) is 12.8 Å². The van der Waals surface area contributed by atoms with Gasteiger partial charge in [0.15, 0.2) is 0 Å². The zero-order valence-corrected chi connectivity index (χ0v) is 9.72. The summed E-state index contributed by atoms with van der Waals surface area (Å²) in [6.07, 6.45) is 4.70. The Kier molecular flexibility index (Phi) is 3.61. The minimum Gasteiger partial charge on any atom is -0.335 e. The molecule has 1 saturated heterocycles. The Morgan fingerprint density at radius 1 is 1.20 bits per heavy atom. The van der Waals surface area contributed by atoms with Crippen molar-refractivity contribution >= 4 is 16.8 Å². The molecule has 0 spiro atoms. The fourth-order valence-corrected chi connectivity index (χ4v) is 3.23. The van der Waals surface area contributed by atoms with Crippen LogP contribution in [-0.2, 0) is 10.8 Å². The lowest BCUT2D eigenvalue weighted by molar-refractivity contribution is 0.198. The fourth-order valence-electron chi connectivity index (χ4n) is 2.18. The molecule has 0 aromatic rings. The molecule has 4 nitrogen and oxygen atoms in total. The minimum atomic E-state index is -0.703. The quantitative estimate of drug-likeness (QED) is 0.721. The van der Waals surface area contributed by atoms with E-state index in [1.165, 1.54) is 12.8 Å². The van der Waals surface area contributed by atoms with Gasteiger partial charge in [0.25, 0.3) is 0 Å². The third-order valence-electron chi connectivity index (χ3n) is 3.15. The number of amides is 2. The molecule has 1 aliphatic heterocycles. The summed E-state index contributed by atoms with van der Waals surface area (Å²) < 4.78 is 11.1. The highest BCUT2D eigenvalue weighted by Crippen LogP contribution is 2.17. The van der Waals surface area contributed by atoms with Crippen molar-refractivity contribution in [2.45, 2.75) is 31.7 Å². The number of urea groups is 1. The van der Waals surface area contributed by atoms with Crippen molar-refractivity contribution in [3.05, 3.63) is 0 Å². The molecule has 1 N–H and O–H groups in total. The van der Waals surface area contributed by atoms with E-state index in [1.54, 1.807) is 4.90 Å². The zero-order valence-electron chi connectivity index (χ0n) is 8.91. The van der Waals surface area contributed by atoms with Crippen LogP contribution in [0.2, 0.25) is 0 Å². The van der Waals surface area contributed by atoms with Gasteiger partial charge in [0.2, 0.25) is 0 Å². The molecule has 2 rings (SSSR count). The number of carbonyl (C=O) groups is 1. The summed E-state index contributed by atoms with van der Waals surface area (Å²) in [5, 5.41) is 3.05. The smallest absolute Gasteiger partial charge is 0.317 e. The molecule has 0 unspecified atom stereocenters. The van der Waals surface area contributed by atoms with Gasteiger partial charge in [-0.3, -0.25) is 4.21 Å². The first-order valence-corrected chi connectivity index (χ1v) is 7.15. The molecule has 0 aromatic carbocycles. The Bertz CT molecular complexity index is 254. The van der Waals surface area contributed by atoms with Crippen LogP contribution in [0.1, 0.15) is 25.7 Å². The molecule has 0 aromatic heterocycles. The second-order valence-electron chi connectivity index (χ2n) is 4.27. The Morgan fingerprint density at radius 2 is 1.80 bits per heavy atom. The summed E-state index contributed by atoms with van der Waals surface area (Å²) >= 11 is 0. The molecule has 1 saturated carbocycles. The normalized spacial score (nSPS) is 24.4. The highest BCUT2D eigenvalue weighted by atomic mass is 32.2. The number of rotatable bonds is 1. The van der Waals surface area contributed by atoms with Gasteiger partial charge in [-0.2, -0.15) is 0 Å². The van der Waals surface area contributed by atoms with Crippen molar-refractivity contribution < 1.29 is 9.00 Å². The van der Waals surface area contributed by atoms with E-state index in [0.717, 1.165) is 12.8 Å². The van der Waals surface area contributed by atoms with Crippen LogP contribution in [0.25, 0.3) is 0 Å². The van der Waals surface area contributed by atoms with Crippen LogP contribution >= 0.6 is 0 Å². The average molecular weight is 230 g/mol. The molecule has 86 valence electrons. The molecular formula is C10H18N2O2S. The Balaban J connectivity index is 1.77. The van der Waals surface area contributed by atoms with Gasteiger partial charge < -0.3 is 10.2 Å². The van der Waals surface area contributed by atoms with Crippen molar-refractivity contribution in [3.8, 4) is 0 Å². The monoisotopic (exact) mass is 230 g/mol. The maximum Gasteiger partial charge on any atom is 0.317 e. The Labute approximate surface area is 92.9 Å². The van der Waals surface area contributed by atoms with E-state index in [9.17, 15) is 9.00 Å². The number of nitrogens with one attached hydrogen (secondary N) is 1. The summed E-state index contributed by atoms with van der Waals surface area (Å²) in [6, 6.07) is 0.420. The largest absolute Gasteiger partial charge is 0.335 e. The van der Waals surface area contributed by atoms with Crippen LogP contribution in [-0.4, -0.2) is 45.8 Å². The van der Waals surface area contributed by atoms with Gasteiger partial charge in [-0.25, -0.2) is 4.79 Å². The van der Waals surface area contributed by atoms with Crippen LogP contribution < -0.4 is 5.32 Å². The fraction of sp³-hybridized carbons (Fsp3) is 0.900. The minimum absolute atomic E-state index is 0.0404. The first-order chi connectivity index (χ1) is 7.25. The molecule has 15 heavy (non-hydrogen) atoms. The van der Waals surface area contributed by atoms with Gasteiger partial charge in [0.1, 0.15) is 0 Å². The highest BCUT2D eigenvalue weighted by molar-refractivity contribution is 7.85. The summed E-state index contributed by atoms with van der Waals surface area (Å²) in [7, 11) is -0.703. The maximum absolute atomic E-state index is 11.8. The lowest BCUT2D eigenvalue weighted by Gasteiger charge is -2.27. The lowest BCUT2D eigenvalue weighted by Crippen LogP contribution is -2.49.